The Kier molecular flexibility index (Phi) is 3.29. The number of ether oxygens (including phenoxy) is 2. The number of nitriles is 1. The molecule has 0 bridgehead atoms. The number of hydrogen-bond acceptors (Lipinski definition) is 4. The Morgan fingerprint density at radius 2 is 2.33 bits per heavy atom. The van der Waals surface area contributed by atoms with Gasteiger partial charge in [-0.15, -0.1) is 0 Å². The Labute approximate surface area is 124 Å². The summed E-state index contributed by atoms with van der Waals surface area (Å²) in [7, 11) is 1.75. The molecule has 1 aromatic rings. The average Bonchev–Trinajstić information content (AvgIpc) is 2.86. The van der Waals surface area contributed by atoms with Crippen molar-refractivity contribution in [1.82, 2.24) is 4.57 Å². The standard InChI is InChI=1S/C16H20N2O3/c1-16(2)13-11(5-4-6-20-13)14(16)21-15(19)12-7-10(8-17)9-18(12)3/h7,9,11,13-14H,4-6H2,1-3H3/t11-,13-,14+/m0/s1. The van der Waals surface area contributed by atoms with Gasteiger partial charge in [-0.1, -0.05) is 13.8 Å². The third-order valence-corrected chi connectivity index (χ3v) is 4.80. The van der Waals surface area contributed by atoms with Crippen LogP contribution in [-0.2, 0) is 16.5 Å². The van der Waals surface area contributed by atoms with E-state index in [0.717, 1.165) is 19.4 Å². The number of fused-ring (bicyclic) bond motifs is 1. The first kappa shape index (κ1) is 14.2. The molecule has 112 valence electrons. The maximum atomic E-state index is 12.4. The zero-order chi connectivity index (χ0) is 15.2. The van der Waals surface area contributed by atoms with Gasteiger partial charge in [-0.25, -0.2) is 4.79 Å². The van der Waals surface area contributed by atoms with Crippen molar-refractivity contribution in [2.75, 3.05) is 6.61 Å². The molecule has 0 N–H and O–H groups in total. The average molecular weight is 288 g/mol. The van der Waals surface area contributed by atoms with E-state index in [0.29, 0.717) is 17.2 Å². The normalized spacial score (nSPS) is 29.9. The third kappa shape index (κ3) is 2.14. The summed E-state index contributed by atoms with van der Waals surface area (Å²) in [6.07, 6.45) is 3.77. The van der Waals surface area contributed by atoms with Gasteiger partial charge in [0, 0.05) is 31.2 Å². The second-order valence-electron chi connectivity index (χ2n) is 6.58. The fourth-order valence-corrected chi connectivity index (χ4v) is 3.72. The Hall–Kier alpha value is -1.80. The monoisotopic (exact) mass is 288 g/mol. The largest absolute Gasteiger partial charge is 0.457 e. The van der Waals surface area contributed by atoms with Crippen molar-refractivity contribution in [3.63, 3.8) is 0 Å². The van der Waals surface area contributed by atoms with Gasteiger partial charge in [0.05, 0.1) is 11.7 Å². The van der Waals surface area contributed by atoms with E-state index in [1.165, 1.54) is 0 Å². The summed E-state index contributed by atoms with van der Waals surface area (Å²) in [5.74, 6) is -0.0606. The van der Waals surface area contributed by atoms with E-state index in [1.54, 1.807) is 23.9 Å². The van der Waals surface area contributed by atoms with Crippen molar-refractivity contribution in [1.29, 1.82) is 5.26 Å². The van der Waals surface area contributed by atoms with E-state index in [4.69, 9.17) is 14.7 Å². The molecule has 2 heterocycles. The van der Waals surface area contributed by atoms with E-state index < -0.39 is 0 Å². The highest BCUT2D eigenvalue weighted by atomic mass is 16.6. The van der Waals surface area contributed by atoms with Gasteiger partial charge in [-0.05, 0) is 18.9 Å². The lowest BCUT2D eigenvalue weighted by molar-refractivity contribution is -0.243. The van der Waals surface area contributed by atoms with Crippen molar-refractivity contribution >= 4 is 5.97 Å². The second-order valence-corrected chi connectivity index (χ2v) is 6.58. The minimum absolute atomic E-state index is 0.115. The van der Waals surface area contributed by atoms with Crippen molar-refractivity contribution in [2.45, 2.75) is 38.9 Å². The summed E-state index contributed by atoms with van der Waals surface area (Å²) in [5.41, 5.74) is 0.739. The molecule has 2 fully saturated rings. The van der Waals surface area contributed by atoms with Crippen LogP contribution in [0.15, 0.2) is 12.3 Å². The fraction of sp³-hybridized carbons (Fsp3) is 0.625. The molecule has 1 aliphatic carbocycles. The highest BCUT2D eigenvalue weighted by Crippen LogP contribution is 2.53. The van der Waals surface area contributed by atoms with Gasteiger partial charge in [0.15, 0.2) is 0 Å². The minimum atomic E-state index is -0.360. The molecule has 1 saturated carbocycles. The van der Waals surface area contributed by atoms with Crippen molar-refractivity contribution in [3.05, 3.63) is 23.5 Å². The third-order valence-electron chi connectivity index (χ3n) is 4.80. The Morgan fingerprint density at radius 1 is 1.57 bits per heavy atom. The number of esters is 1. The van der Waals surface area contributed by atoms with Crippen LogP contribution in [0.2, 0.25) is 0 Å². The van der Waals surface area contributed by atoms with E-state index in [2.05, 4.69) is 13.8 Å². The second kappa shape index (κ2) is 4.88. The molecule has 0 amide bonds. The van der Waals surface area contributed by atoms with Gasteiger partial charge in [-0.2, -0.15) is 5.26 Å². The first-order valence-corrected chi connectivity index (χ1v) is 7.34. The summed E-state index contributed by atoms with van der Waals surface area (Å²) < 4.78 is 13.2. The number of rotatable bonds is 2. The van der Waals surface area contributed by atoms with E-state index in [1.807, 2.05) is 6.07 Å². The molecule has 21 heavy (non-hydrogen) atoms. The van der Waals surface area contributed by atoms with Crippen molar-refractivity contribution in [2.24, 2.45) is 18.4 Å². The highest BCUT2D eigenvalue weighted by molar-refractivity contribution is 5.88. The molecule has 5 nitrogen and oxygen atoms in total. The predicted molar refractivity (Wildman–Crippen MR) is 75.6 cm³/mol. The van der Waals surface area contributed by atoms with Crippen LogP contribution in [0, 0.1) is 22.7 Å². The predicted octanol–water partition coefficient (Wildman–Crippen LogP) is 2.26. The lowest BCUT2D eigenvalue weighted by Crippen LogP contribution is -2.65. The van der Waals surface area contributed by atoms with Gasteiger partial charge in [0.1, 0.15) is 17.9 Å². The molecule has 3 atom stereocenters. The van der Waals surface area contributed by atoms with Crippen LogP contribution >= 0.6 is 0 Å². The number of carbonyl (C=O) groups excluding carboxylic acids is 1. The van der Waals surface area contributed by atoms with Gasteiger partial charge < -0.3 is 14.0 Å². The topological polar surface area (TPSA) is 64.2 Å². The molecule has 2 aliphatic rings. The number of aryl methyl sites for hydroxylation is 1. The van der Waals surface area contributed by atoms with Gasteiger partial charge in [0.25, 0.3) is 0 Å². The maximum Gasteiger partial charge on any atom is 0.355 e. The zero-order valence-corrected chi connectivity index (χ0v) is 12.6. The van der Waals surface area contributed by atoms with Crippen LogP contribution < -0.4 is 0 Å². The molecule has 1 aromatic heterocycles. The number of hydrogen-bond donors (Lipinski definition) is 0. The quantitative estimate of drug-likeness (QED) is 0.783. The van der Waals surface area contributed by atoms with Crippen molar-refractivity contribution < 1.29 is 14.3 Å². The van der Waals surface area contributed by atoms with Gasteiger partial charge >= 0.3 is 5.97 Å². The van der Waals surface area contributed by atoms with E-state index in [9.17, 15) is 4.79 Å². The lowest BCUT2D eigenvalue weighted by Gasteiger charge is -2.58. The molecule has 1 aliphatic heterocycles. The van der Waals surface area contributed by atoms with Crippen LogP contribution in [-0.4, -0.2) is 29.4 Å². The summed E-state index contributed by atoms with van der Waals surface area (Å²) in [4.78, 5) is 12.4. The number of carbonyl (C=O) groups is 1. The van der Waals surface area contributed by atoms with Crippen LogP contribution in [0.3, 0.4) is 0 Å². The molecule has 5 heteroatoms. The molecule has 0 unspecified atom stereocenters. The Balaban J connectivity index is 1.75. The number of nitrogens with zero attached hydrogens (tertiary/aromatic N) is 2. The SMILES string of the molecule is Cn1cc(C#N)cc1C(=O)O[C@@H]1[C@H]2CCCO[C@@H]2C1(C)C. The van der Waals surface area contributed by atoms with Crippen LogP contribution in [0.5, 0.6) is 0 Å². The molecule has 0 spiro atoms. The summed E-state index contributed by atoms with van der Waals surface area (Å²) in [6, 6.07) is 3.61. The molecule has 1 saturated heterocycles. The molecule has 3 rings (SSSR count). The summed E-state index contributed by atoms with van der Waals surface area (Å²) >= 11 is 0. The molecular formula is C16H20N2O3. The van der Waals surface area contributed by atoms with Crippen LogP contribution in [0.4, 0.5) is 0 Å². The maximum absolute atomic E-state index is 12.4. The van der Waals surface area contributed by atoms with Crippen LogP contribution in [0.25, 0.3) is 0 Å². The summed E-state index contributed by atoms with van der Waals surface area (Å²) in [5, 5.41) is 8.90. The van der Waals surface area contributed by atoms with E-state index >= 15 is 0 Å². The minimum Gasteiger partial charge on any atom is -0.457 e. The Morgan fingerprint density at radius 3 is 3.00 bits per heavy atom. The Bertz CT molecular complexity index is 612. The highest BCUT2D eigenvalue weighted by Gasteiger charge is 2.60. The molecule has 0 radical (unpaired) electrons. The van der Waals surface area contributed by atoms with E-state index in [-0.39, 0.29) is 23.6 Å². The van der Waals surface area contributed by atoms with Gasteiger partial charge in [-0.3, -0.25) is 0 Å². The molecule has 0 aromatic carbocycles. The van der Waals surface area contributed by atoms with Gasteiger partial charge in [0.2, 0.25) is 0 Å². The first-order valence-electron chi connectivity index (χ1n) is 7.34. The molecular weight excluding hydrogens is 268 g/mol. The lowest BCUT2D eigenvalue weighted by atomic mass is 9.57. The number of aromatic nitrogens is 1. The zero-order valence-electron chi connectivity index (χ0n) is 12.6. The smallest absolute Gasteiger partial charge is 0.355 e. The first-order chi connectivity index (χ1) is 9.95. The van der Waals surface area contributed by atoms with Crippen LogP contribution in [0.1, 0.15) is 42.7 Å². The fourth-order valence-electron chi connectivity index (χ4n) is 3.72. The van der Waals surface area contributed by atoms with Crippen molar-refractivity contribution in [3.8, 4) is 6.07 Å². The summed E-state index contributed by atoms with van der Waals surface area (Å²) in [6.45, 7) is 4.97.